The normalized spacial score (nSPS) is 19.6. The summed E-state index contributed by atoms with van der Waals surface area (Å²) in [7, 11) is 0. The van der Waals surface area contributed by atoms with E-state index in [1.807, 2.05) is 55.6 Å². The summed E-state index contributed by atoms with van der Waals surface area (Å²) >= 11 is 1.64. The van der Waals surface area contributed by atoms with E-state index >= 15 is 0 Å². The number of nitrogens with one attached hydrogen (secondary N) is 2. The Kier molecular flexibility index (Phi) is 6.79. The lowest BCUT2D eigenvalue weighted by Gasteiger charge is -2.37. The quantitative estimate of drug-likeness (QED) is 0.392. The van der Waals surface area contributed by atoms with Gasteiger partial charge >= 0.3 is 0 Å². The number of carbonyl (C=O) groups is 2. The van der Waals surface area contributed by atoms with E-state index in [0.29, 0.717) is 35.4 Å². The van der Waals surface area contributed by atoms with Gasteiger partial charge in [0.25, 0.3) is 5.91 Å². The molecule has 2 aliphatic rings. The SMILES string of the molecule is CSc1ccc(C2C(C(=O)Nc3cccc(F)c3)=C(C)NC3=C2C(=O)CC(c2ccccc2)C3)cc1. The first-order valence-electron chi connectivity index (χ1n) is 11.9. The molecule has 0 fully saturated rings. The van der Waals surface area contributed by atoms with Crippen molar-refractivity contribution in [2.24, 2.45) is 0 Å². The van der Waals surface area contributed by atoms with E-state index in [4.69, 9.17) is 0 Å². The molecule has 0 radical (unpaired) electrons. The van der Waals surface area contributed by atoms with Gasteiger partial charge in [-0.1, -0.05) is 48.5 Å². The Morgan fingerprint density at radius 1 is 0.972 bits per heavy atom. The van der Waals surface area contributed by atoms with Gasteiger partial charge in [0.1, 0.15) is 5.82 Å². The molecule has 1 aliphatic carbocycles. The molecule has 2 atom stereocenters. The van der Waals surface area contributed by atoms with E-state index in [0.717, 1.165) is 21.7 Å². The summed E-state index contributed by atoms with van der Waals surface area (Å²) in [4.78, 5) is 28.4. The molecule has 0 spiro atoms. The highest BCUT2D eigenvalue weighted by atomic mass is 32.2. The predicted molar refractivity (Wildman–Crippen MR) is 142 cm³/mol. The first-order valence-corrected chi connectivity index (χ1v) is 13.2. The maximum absolute atomic E-state index is 13.8. The smallest absolute Gasteiger partial charge is 0.254 e. The molecule has 3 aromatic carbocycles. The summed E-state index contributed by atoms with van der Waals surface area (Å²) in [6.45, 7) is 1.87. The number of amides is 1. The average Bonchev–Trinajstić information content (AvgIpc) is 2.88. The monoisotopic (exact) mass is 498 g/mol. The number of rotatable bonds is 5. The third kappa shape index (κ3) is 4.73. The van der Waals surface area contributed by atoms with E-state index in [1.54, 1.807) is 23.9 Å². The summed E-state index contributed by atoms with van der Waals surface area (Å²) in [5.74, 6) is -1.16. The summed E-state index contributed by atoms with van der Waals surface area (Å²) in [6.07, 6.45) is 3.10. The standard InChI is InChI=1S/C30H27FN2O2S/c1-18-27(30(35)33-23-10-6-9-22(31)17-23)28(20-11-13-24(36-2)14-12-20)29-25(32-18)15-21(16-26(29)34)19-7-4-3-5-8-19/h3-14,17,21,28,32H,15-16H2,1-2H3,(H,33,35). The summed E-state index contributed by atoms with van der Waals surface area (Å²) in [5, 5.41) is 6.23. The second kappa shape index (κ2) is 10.2. The molecule has 4 nitrogen and oxygen atoms in total. The number of hydrogen-bond acceptors (Lipinski definition) is 4. The van der Waals surface area contributed by atoms with E-state index in [1.165, 1.54) is 12.1 Å². The van der Waals surface area contributed by atoms with Crippen molar-refractivity contribution in [2.45, 2.75) is 36.5 Å². The fraction of sp³-hybridized carbons (Fsp3) is 0.200. The lowest BCUT2D eigenvalue weighted by atomic mass is 9.71. The van der Waals surface area contributed by atoms with Crippen molar-refractivity contribution in [2.75, 3.05) is 11.6 Å². The third-order valence-corrected chi connectivity index (χ3v) is 7.62. The molecule has 0 saturated heterocycles. The van der Waals surface area contributed by atoms with Crippen LogP contribution in [0.4, 0.5) is 10.1 Å². The largest absolute Gasteiger partial charge is 0.362 e. The van der Waals surface area contributed by atoms with Gasteiger partial charge in [-0.3, -0.25) is 9.59 Å². The number of halogens is 1. The summed E-state index contributed by atoms with van der Waals surface area (Å²) in [6, 6.07) is 23.9. The number of benzene rings is 3. The highest BCUT2D eigenvalue weighted by molar-refractivity contribution is 7.98. The molecule has 0 aromatic heterocycles. The molecule has 0 saturated carbocycles. The van der Waals surface area contributed by atoms with Gasteiger partial charge in [-0.05, 0) is 67.0 Å². The minimum atomic E-state index is -0.505. The number of carbonyl (C=O) groups excluding carboxylic acids is 2. The Morgan fingerprint density at radius 3 is 2.42 bits per heavy atom. The fourth-order valence-electron chi connectivity index (χ4n) is 5.20. The number of allylic oxidation sites excluding steroid dienone is 3. The maximum Gasteiger partial charge on any atom is 0.254 e. The van der Waals surface area contributed by atoms with Crippen LogP contribution in [0.25, 0.3) is 0 Å². The van der Waals surface area contributed by atoms with Crippen LogP contribution in [0.2, 0.25) is 0 Å². The van der Waals surface area contributed by atoms with E-state index < -0.39 is 11.7 Å². The van der Waals surface area contributed by atoms with E-state index in [9.17, 15) is 14.0 Å². The Labute approximate surface area is 214 Å². The number of hydrogen-bond donors (Lipinski definition) is 2. The number of dihydropyridines is 1. The molecule has 182 valence electrons. The first kappa shape index (κ1) is 24.1. The minimum Gasteiger partial charge on any atom is -0.362 e. The van der Waals surface area contributed by atoms with Crippen molar-refractivity contribution < 1.29 is 14.0 Å². The second-order valence-electron chi connectivity index (χ2n) is 9.17. The third-order valence-electron chi connectivity index (χ3n) is 6.87. The van der Waals surface area contributed by atoms with Crippen LogP contribution < -0.4 is 10.6 Å². The number of ketones is 1. The molecule has 3 aromatic rings. The molecule has 36 heavy (non-hydrogen) atoms. The molecule has 1 amide bonds. The number of Topliss-reactive ketones (excluding diaryl/α,β-unsaturated/α-hetero) is 1. The second-order valence-corrected chi connectivity index (χ2v) is 10.0. The van der Waals surface area contributed by atoms with Crippen LogP contribution in [0.3, 0.4) is 0 Å². The molecule has 2 unspecified atom stereocenters. The van der Waals surface area contributed by atoms with Crippen LogP contribution in [0.5, 0.6) is 0 Å². The maximum atomic E-state index is 13.8. The van der Waals surface area contributed by atoms with Gasteiger partial charge in [-0.25, -0.2) is 4.39 Å². The molecule has 0 bridgehead atoms. The Bertz CT molecular complexity index is 1380. The zero-order valence-electron chi connectivity index (χ0n) is 20.2. The van der Waals surface area contributed by atoms with Crippen LogP contribution in [0.15, 0.2) is 106 Å². The molecule has 1 aliphatic heterocycles. The Morgan fingerprint density at radius 2 is 1.72 bits per heavy atom. The van der Waals surface area contributed by atoms with Gasteiger partial charge in [-0.15, -0.1) is 11.8 Å². The lowest BCUT2D eigenvalue weighted by molar-refractivity contribution is -0.116. The van der Waals surface area contributed by atoms with Crippen molar-refractivity contribution in [3.63, 3.8) is 0 Å². The van der Waals surface area contributed by atoms with Crippen LogP contribution in [0, 0.1) is 5.82 Å². The van der Waals surface area contributed by atoms with E-state index in [2.05, 4.69) is 22.8 Å². The molecule has 5 rings (SSSR count). The summed E-state index contributed by atoms with van der Waals surface area (Å²) < 4.78 is 13.8. The van der Waals surface area contributed by atoms with Crippen LogP contribution >= 0.6 is 11.8 Å². The predicted octanol–water partition coefficient (Wildman–Crippen LogP) is 6.55. The highest BCUT2D eigenvalue weighted by Gasteiger charge is 2.40. The topological polar surface area (TPSA) is 58.2 Å². The van der Waals surface area contributed by atoms with Crippen molar-refractivity contribution in [3.8, 4) is 0 Å². The van der Waals surface area contributed by atoms with Gasteiger partial charge in [0.15, 0.2) is 5.78 Å². The van der Waals surface area contributed by atoms with Crippen LogP contribution in [-0.2, 0) is 9.59 Å². The van der Waals surface area contributed by atoms with Crippen molar-refractivity contribution in [1.29, 1.82) is 0 Å². The Balaban J connectivity index is 1.56. The molecule has 6 heteroatoms. The number of anilines is 1. The van der Waals surface area contributed by atoms with Crippen LogP contribution in [-0.4, -0.2) is 17.9 Å². The zero-order valence-corrected chi connectivity index (χ0v) is 21.0. The van der Waals surface area contributed by atoms with Gasteiger partial charge < -0.3 is 10.6 Å². The zero-order chi connectivity index (χ0) is 25.2. The molecular weight excluding hydrogens is 471 g/mol. The van der Waals surface area contributed by atoms with Crippen LogP contribution in [0.1, 0.15) is 42.7 Å². The van der Waals surface area contributed by atoms with Gasteiger partial charge in [0.05, 0.1) is 0 Å². The fourth-order valence-corrected chi connectivity index (χ4v) is 5.60. The van der Waals surface area contributed by atoms with Gasteiger partial charge in [-0.2, -0.15) is 0 Å². The lowest BCUT2D eigenvalue weighted by Crippen LogP contribution is -2.37. The van der Waals surface area contributed by atoms with E-state index in [-0.39, 0.29) is 17.6 Å². The average molecular weight is 499 g/mol. The van der Waals surface area contributed by atoms with Gasteiger partial charge in [0.2, 0.25) is 0 Å². The molecule has 1 heterocycles. The Hall–Kier alpha value is -3.64. The van der Waals surface area contributed by atoms with Crippen molar-refractivity contribution in [1.82, 2.24) is 5.32 Å². The first-order chi connectivity index (χ1) is 17.4. The minimum absolute atomic E-state index is 0.0418. The molecular formula is C30H27FN2O2S. The number of thioether (sulfide) groups is 1. The van der Waals surface area contributed by atoms with Crippen molar-refractivity contribution >= 4 is 29.1 Å². The summed E-state index contributed by atoms with van der Waals surface area (Å²) in [5.41, 5.74) is 5.08. The highest BCUT2D eigenvalue weighted by Crippen LogP contribution is 2.45. The van der Waals surface area contributed by atoms with Gasteiger partial charge in [0, 0.05) is 45.5 Å². The molecule has 2 N–H and O–H groups in total. The van der Waals surface area contributed by atoms with Crippen molar-refractivity contribution in [3.05, 3.63) is 118 Å².